The summed E-state index contributed by atoms with van der Waals surface area (Å²) in [6.45, 7) is 2.91. The first-order valence-electron chi connectivity index (χ1n) is 7.01. The Hall–Kier alpha value is -0.990. The highest BCUT2D eigenvalue weighted by Gasteiger charge is 2.43. The maximum atomic E-state index is 12.4. The largest absolute Gasteiger partial charge is 0.480 e. The fourth-order valence-electron chi connectivity index (χ4n) is 2.79. The van der Waals surface area contributed by atoms with E-state index in [0.29, 0.717) is 32.7 Å². The van der Waals surface area contributed by atoms with Crippen molar-refractivity contribution in [1.82, 2.24) is 5.32 Å². The number of ether oxygens (including phenoxy) is 2. The predicted octanol–water partition coefficient (Wildman–Crippen LogP) is -0.337. The Labute approximate surface area is 125 Å². The summed E-state index contributed by atoms with van der Waals surface area (Å²) in [5, 5.41) is 11.3. The first-order chi connectivity index (χ1) is 9.92. The number of hydrogen-bond acceptors (Lipinski definition) is 5. The standard InChI is InChI=1S/C13H21NO6S/c1-9(15)14-11(12(16)17)7-21(18)10-2-4-20-13(6-10)3-5-19-8-13/h10-11H,2-8H2,1H3,(H,14,15)(H,16,17)/t10?,11-,13?,21?/m0/s1. The molecular formula is C13H21NO6S. The predicted molar refractivity (Wildman–Crippen MR) is 75.4 cm³/mol. The summed E-state index contributed by atoms with van der Waals surface area (Å²) in [4.78, 5) is 22.1. The molecule has 3 unspecified atom stereocenters. The molecule has 2 saturated heterocycles. The number of carbonyl (C=O) groups excluding carboxylic acids is 1. The number of rotatable bonds is 5. The van der Waals surface area contributed by atoms with Crippen molar-refractivity contribution in [3.8, 4) is 0 Å². The molecule has 2 aliphatic heterocycles. The van der Waals surface area contributed by atoms with E-state index in [-0.39, 0.29) is 16.6 Å². The first-order valence-corrected chi connectivity index (χ1v) is 8.39. The number of carbonyl (C=O) groups is 2. The second-order valence-electron chi connectivity index (χ2n) is 5.59. The van der Waals surface area contributed by atoms with E-state index in [1.54, 1.807) is 0 Å². The van der Waals surface area contributed by atoms with Crippen LogP contribution in [-0.2, 0) is 29.9 Å². The lowest BCUT2D eigenvalue weighted by molar-refractivity contribution is -0.140. The third-order valence-electron chi connectivity index (χ3n) is 3.89. The number of carboxylic acids is 1. The average molecular weight is 319 g/mol. The molecule has 0 bridgehead atoms. The van der Waals surface area contributed by atoms with E-state index in [1.807, 2.05) is 0 Å². The van der Waals surface area contributed by atoms with Gasteiger partial charge < -0.3 is 19.9 Å². The zero-order valence-electron chi connectivity index (χ0n) is 12.0. The molecule has 2 heterocycles. The summed E-state index contributed by atoms with van der Waals surface area (Å²) >= 11 is 0. The molecule has 120 valence electrons. The van der Waals surface area contributed by atoms with Crippen LogP contribution in [0.15, 0.2) is 0 Å². The molecule has 0 aromatic heterocycles. The van der Waals surface area contributed by atoms with Crippen LogP contribution in [0.4, 0.5) is 0 Å². The Kier molecular flexibility index (Phi) is 5.34. The summed E-state index contributed by atoms with van der Waals surface area (Å²) < 4.78 is 23.6. The molecule has 0 aromatic carbocycles. The van der Waals surface area contributed by atoms with Gasteiger partial charge in [-0.2, -0.15) is 0 Å². The summed E-state index contributed by atoms with van der Waals surface area (Å²) in [6, 6.07) is -1.11. The maximum absolute atomic E-state index is 12.4. The quantitative estimate of drug-likeness (QED) is 0.719. The fourth-order valence-corrected chi connectivity index (χ4v) is 4.47. The first kappa shape index (κ1) is 16.4. The van der Waals surface area contributed by atoms with E-state index in [9.17, 15) is 13.8 Å². The fraction of sp³-hybridized carbons (Fsp3) is 0.846. The van der Waals surface area contributed by atoms with Gasteiger partial charge in [0.2, 0.25) is 5.91 Å². The van der Waals surface area contributed by atoms with Crippen LogP contribution >= 0.6 is 0 Å². The van der Waals surface area contributed by atoms with Crippen LogP contribution in [-0.4, -0.2) is 63.7 Å². The highest BCUT2D eigenvalue weighted by atomic mass is 32.2. The van der Waals surface area contributed by atoms with Gasteiger partial charge >= 0.3 is 5.97 Å². The summed E-state index contributed by atoms with van der Waals surface area (Å²) in [5.41, 5.74) is -0.356. The van der Waals surface area contributed by atoms with Gasteiger partial charge in [0.15, 0.2) is 0 Å². The van der Waals surface area contributed by atoms with Gasteiger partial charge in [0.05, 0.1) is 18.0 Å². The van der Waals surface area contributed by atoms with E-state index in [1.165, 1.54) is 6.92 Å². The Balaban J connectivity index is 1.95. The van der Waals surface area contributed by atoms with Gasteiger partial charge in [-0.15, -0.1) is 0 Å². The average Bonchev–Trinajstić information content (AvgIpc) is 2.85. The monoisotopic (exact) mass is 319 g/mol. The van der Waals surface area contributed by atoms with Gasteiger partial charge in [-0.05, 0) is 12.8 Å². The van der Waals surface area contributed by atoms with Gasteiger partial charge in [-0.1, -0.05) is 0 Å². The minimum Gasteiger partial charge on any atom is -0.480 e. The van der Waals surface area contributed by atoms with E-state index in [2.05, 4.69) is 5.32 Å². The molecule has 7 nitrogen and oxygen atoms in total. The zero-order chi connectivity index (χ0) is 15.5. The van der Waals surface area contributed by atoms with Gasteiger partial charge in [-0.25, -0.2) is 4.79 Å². The Morgan fingerprint density at radius 2 is 2.24 bits per heavy atom. The SMILES string of the molecule is CC(=O)N[C@@H](CS(=O)C1CCOC2(CCOC2)C1)C(=O)O. The molecule has 4 atom stereocenters. The number of aliphatic carboxylic acids is 1. The lowest BCUT2D eigenvalue weighted by atomic mass is 9.93. The van der Waals surface area contributed by atoms with Crippen molar-refractivity contribution in [2.45, 2.75) is 43.1 Å². The van der Waals surface area contributed by atoms with Gasteiger partial charge in [-0.3, -0.25) is 9.00 Å². The zero-order valence-corrected chi connectivity index (χ0v) is 12.8. The van der Waals surface area contributed by atoms with E-state index in [4.69, 9.17) is 14.6 Å². The Bertz CT molecular complexity index is 434. The van der Waals surface area contributed by atoms with Crippen molar-refractivity contribution in [2.75, 3.05) is 25.6 Å². The molecule has 0 aliphatic carbocycles. The molecule has 0 saturated carbocycles. The van der Waals surface area contributed by atoms with Crippen LogP contribution in [0.2, 0.25) is 0 Å². The van der Waals surface area contributed by atoms with Gasteiger partial charge in [0.1, 0.15) is 6.04 Å². The van der Waals surface area contributed by atoms with Crippen molar-refractivity contribution in [2.24, 2.45) is 0 Å². The molecule has 2 fully saturated rings. The highest BCUT2D eigenvalue weighted by molar-refractivity contribution is 7.85. The third-order valence-corrected chi connectivity index (χ3v) is 5.70. The molecule has 1 spiro atoms. The highest BCUT2D eigenvalue weighted by Crippen LogP contribution is 2.34. The van der Waals surface area contributed by atoms with Crippen molar-refractivity contribution in [3.05, 3.63) is 0 Å². The molecular weight excluding hydrogens is 298 g/mol. The van der Waals surface area contributed by atoms with E-state index in [0.717, 1.165) is 6.42 Å². The smallest absolute Gasteiger partial charge is 0.327 e. The van der Waals surface area contributed by atoms with E-state index < -0.39 is 28.7 Å². The summed E-state index contributed by atoms with van der Waals surface area (Å²) in [7, 11) is -1.33. The van der Waals surface area contributed by atoms with Gasteiger partial charge in [0, 0.05) is 42.6 Å². The van der Waals surface area contributed by atoms with Gasteiger partial charge in [0.25, 0.3) is 0 Å². The molecule has 0 radical (unpaired) electrons. The third kappa shape index (κ3) is 4.24. The van der Waals surface area contributed by atoms with Crippen LogP contribution in [0.25, 0.3) is 0 Å². The van der Waals surface area contributed by atoms with Crippen molar-refractivity contribution in [3.63, 3.8) is 0 Å². The minimum absolute atomic E-state index is 0.0729. The molecule has 21 heavy (non-hydrogen) atoms. The van der Waals surface area contributed by atoms with Crippen molar-refractivity contribution >= 4 is 22.7 Å². The normalized spacial score (nSPS) is 31.8. The number of carboxylic acid groups (broad SMARTS) is 1. The van der Waals surface area contributed by atoms with Crippen LogP contribution in [0, 0.1) is 0 Å². The Morgan fingerprint density at radius 1 is 1.48 bits per heavy atom. The minimum atomic E-state index is -1.33. The van der Waals surface area contributed by atoms with Crippen LogP contribution in [0.5, 0.6) is 0 Å². The second-order valence-corrected chi connectivity index (χ2v) is 7.35. The van der Waals surface area contributed by atoms with Crippen LogP contribution in [0.3, 0.4) is 0 Å². The summed E-state index contributed by atoms with van der Waals surface area (Å²) in [6.07, 6.45) is 2.04. The van der Waals surface area contributed by atoms with E-state index >= 15 is 0 Å². The summed E-state index contributed by atoms with van der Waals surface area (Å²) in [5.74, 6) is -1.67. The van der Waals surface area contributed by atoms with Crippen molar-refractivity contribution in [1.29, 1.82) is 0 Å². The second kappa shape index (κ2) is 6.85. The number of hydrogen-bond donors (Lipinski definition) is 2. The molecule has 0 aromatic rings. The lowest BCUT2D eigenvalue weighted by Gasteiger charge is -2.36. The number of amides is 1. The number of nitrogens with one attached hydrogen (secondary N) is 1. The maximum Gasteiger partial charge on any atom is 0.327 e. The lowest BCUT2D eigenvalue weighted by Crippen LogP contribution is -2.48. The molecule has 8 heteroatoms. The Morgan fingerprint density at radius 3 is 2.81 bits per heavy atom. The molecule has 2 rings (SSSR count). The van der Waals surface area contributed by atoms with Crippen LogP contribution < -0.4 is 5.32 Å². The molecule has 2 N–H and O–H groups in total. The van der Waals surface area contributed by atoms with Crippen LogP contribution in [0.1, 0.15) is 26.2 Å². The topological polar surface area (TPSA) is 102 Å². The molecule has 1 amide bonds. The molecule has 2 aliphatic rings. The van der Waals surface area contributed by atoms with Crippen molar-refractivity contribution < 1.29 is 28.4 Å².